The number of pyridine rings is 1. The number of amides is 1. The summed E-state index contributed by atoms with van der Waals surface area (Å²) in [6, 6.07) is 1.47. The summed E-state index contributed by atoms with van der Waals surface area (Å²) in [4.78, 5) is 17.5. The van der Waals surface area contributed by atoms with Gasteiger partial charge >= 0.3 is 0 Å². The summed E-state index contributed by atoms with van der Waals surface area (Å²) < 4.78 is 27.0. The minimum absolute atomic E-state index is 0.00225. The third-order valence-corrected chi connectivity index (χ3v) is 4.94. The highest BCUT2D eigenvalue weighted by atomic mass is 79.9. The van der Waals surface area contributed by atoms with Crippen LogP contribution in [0.15, 0.2) is 27.8 Å². The van der Waals surface area contributed by atoms with Gasteiger partial charge < -0.3 is 4.90 Å². The molecular weight excluding hydrogens is 346 g/mol. The number of likely N-dealkylation sites (tertiary alicyclic amines) is 1. The van der Waals surface area contributed by atoms with E-state index in [1.807, 2.05) is 0 Å². The topological polar surface area (TPSA) is 79.4 Å². The van der Waals surface area contributed by atoms with Crippen LogP contribution in [0.2, 0.25) is 0 Å². The first-order chi connectivity index (χ1) is 9.49. The molecule has 1 aliphatic rings. The molecule has 8 heteroatoms. The van der Waals surface area contributed by atoms with Gasteiger partial charge in [-0.1, -0.05) is 0 Å². The maximum atomic E-state index is 12.0. The van der Waals surface area contributed by atoms with Gasteiger partial charge in [0.25, 0.3) is 0 Å². The Balaban J connectivity index is 1.88. The molecule has 2 rings (SSSR count). The van der Waals surface area contributed by atoms with Gasteiger partial charge in [0.1, 0.15) is 4.90 Å². The van der Waals surface area contributed by atoms with E-state index in [1.54, 1.807) is 4.90 Å². The van der Waals surface area contributed by atoms with Crippen molar-refractivity contribution in [3.63, 3.8) is 0 Å². The van der Waals surface area contributed by atoms with Crippen molar-refractivity contribution in [1.29, 1.82) is 0 Å². The summed E-state index contributed by atoms with van der Waals surface area (Å²) in [5, 5.41) is 0. The smallest absolute Gasteiger partial charge is 0.242 e. The first-order valence-corrected chi connectivity index (χ1v) is 8.65. The minimum atomic E-state index is -3.62. The lowest BCUT2D eigenvalue weighted by atomic mass is 10.4. The maximum Gasteiger partial charge on any atom is 0.242 e. The lowest BCUT2D eigenvalue weighted by Gasteiger charge is -2.15. The fourth-order valence-corrected chi connectivity index (χ4v) is 3.58. The highest BCUT2D eigenvalue weighted by Crippen LogP contribution is 2.14. The number of nitrogens with one attached hydrogen (secondary N) is 1. The minimum Gasteiger partial charge on any atom is -0.343 e. The molecule has 0 aromatic carbocycles. The van der Waals surface area contributed by atoms with E-state index in [4.69, 9.17) is 0 Å². The van der Waals surface area contributed by atoms with Gasteiger partial charge in [-0.2, -0.15) is 0 Å². The van der Waals surface area contributed by atoms with Gasteiger partial charge in [-0.05, 0) is 34.8 Å². The van der Waals surface area contributed by atoms with Gasteiger partial charge in [-0.15, -0.1) is 0 Å². The Labute approximate surface area is 126 Å². The highest BCUT2D eigenvalue weighted by Gasteiger charge is 2.19. The monoisotopic (exact) mass is 361 g/mol. The molecule has 0 saturated carbocycles. The van der Waals surface area contributed by atoms with Gasteiger partial charge in [0, 0.05) is 42.9 Å². The number of aromatic nitrogens is 1. The molecule has 0 radical (unpaired) electrons. The number of hydrogen-bond donors (Lipinski definition) is 1. The summed E-state index contributed by atoms with van der Waals surface area (Å²) in [5.41, 5.74) is 0. The van der Waals surface area contributed by atoms with E-state index in [1.165, 1.54) is 18.5 Å². The quantitative estimate of drug-likeness (QED) is 0.852. The molecule has 110 valence electrons. The molecule has 1 saturated heterocycles. The van der Waals surface area contributed by atoms with E-state index in [2.05, 4.69) is 25.6 Å². The van der Waals surface area contributed by atoms with Crippen LogP contribution >= 0.6 is 15.9 Å². The molecule has 0 bridgehead atoms. The summed E-state index contributed by atoms with van der Waals surface area (Å²) in [6.45, 7) is 1.66. The van der Waals surface area contributed by atoms with Crippen molar-refractivity contribution in [2.75, 3.05) is 19.6 Å². The SMILES string of the molecule is O=C(CCNS(=O)(=O)c1cncc(Br)c1)N1CCCC1. The van der Waals surface area contributed by atoms with Crippen molar-refractivity contribution in [3.05, 3.63) is 22.9 Å². The Morgan fingerprint density at radius 3 is 2.70 bits per heavy atom. The molecule has 0 aliphatic carbocycles. The van der Waals surface area contributed by atoms with E-state index in [0.717, 1.165) is 25.9 Å². The zero-order chi connectivity index (χ0) is 14.6. The zero-order valence-electron chi connectivity index (χ0n) is 10.9. The number of carbonyl (C=O) groups is 1. The van der Waals surface area contributed by atoms with E-state index in [9.17, 15) is 13.2 Å². The van der Waals surface area contributed by atoms with Crippen molar-refractivity contribution in [2.45, 2.75) is 24.2 Å². The number of rotatable bonds is 5. The van der Waals surface area contributed by atoms with Crippen molar-refractivity contribution in [2.24, 2.45) is 0 Å². The lowest BCUT2D eigenvalue weighted by molar-refractivity contribution is -0.129. The molecular formula is C12H16BrN3O3S. The Bertz CT molecular complexity index is 585. The predicted molar refractivity (Wildman–Crippen MR) is 77.6 cm³/mol. The largest absolute Gasteiger partial charge is 0.343 e. The van der Waals surface area contributed by atoms with Crippen molar-refractivity contribution in [1.82, 2.24) is 14.6 Å². The number of sulfonamides is 1. The summed E-state index contributed by atoms with van der Waals surface area (Å²) >= 11 is 3.18. The second-order valence-electron chi connectivity index (χ2n) is 4.57. The average Bonchev–Trinajstić information content (AvgIpc) is 2.92. The van der Waals surface area contributed by atoms with Crippen molar-refractivity contribution in [3.8, 4) is 0 Å². The van der Waals surface area contributed by atoms with Gasteiger partial charge in [-0.3, -0.25) is 9.78 Å². The van der Waals surface area contributed by atoms with Crippen LogP contribution in [-0.4, -0.2) is 43.8 Å². The molecule has 1 N–H and O–H groups in total. The Morgan fingerprint density at radius 1 is 1.35 bits per heavy atom. The Morgan fingerprint density at radius 2 is 2.05 bits per heavy atom. The van der Waals surface area contributed by atoms with Gasteiger partial charge in [0.15, 0.2) is 0 Å². The van der Waals surface area contributed by atoms with E-state index in [-0.39, 0.29) is 23.8 Å². The molecule has 1 fully saturated rings. The maximum absolute atomic E-state index is 12.0. The molecule has 0 atom stereocenters. The highest BCUT2D eigenvalue weighted by molar-refractivity contribution is 9.10. The Kier molecular flexibility index (Phi) is 5.11. The average molecular weight is 362 g/mol. The second-order valence-corrected chi connectivity index (χ2v) is 7.26. The summed E-state index contributed by atoms with van der Waals surface area (Å²) in [7, 11) is -3.62. The van der Waals surface area contributed by atoms with Crippen LogP contribution in [0.3, 0.4) is 0 Å². The molecule has 20 heavy (non-hydrogen) atoms. The van der Waals surface area contributed by atoms with Crippen LogP contribution in [0.25, 0.3) is 0 Å². The number of carbonyl (C=O) groups excluding carboxylic acids is 1. The predicted octanol–water partition coefficient (Wildman–Crippen LogP) is 1.13. The van der Waals surface area contributed by atoms with Gasteiger partial charge in [-0.25, -0.2) is 13.1 Å². The Hall–Kier alpha value is -0.990. The molecule has 1 amide bonds. The number of nitrogens with zero attached hydrogens (tertiary/aromatic N) is 2. The first-order valence-electron chi connectivity index (χ1n) is 6.37. The van der Waals surface area contributed by atoms with Crippen molar-refractivity contribution >= 4 is 31.9 Å². The number of halogens is 1. The molecule has 1 aromatic rings. The van der Waals surface area contributed by atoms with Crippen LogP contribution < -0.4 is 4.72 Å². The van der Waals surface area contributed by atoms with E-state index >= 15 is 0 Å². The molecule has 6 nitrogen and oxygen atoms in total. The van der Waals surface area contributed by atoms with Gasteiger partial charge in [0.2, 0.25) is 15.9 Å². The molecule has 0 unspecified atom stereocenters. The van der Waals surface area contributed by atoms with E-state index < -0.39 is 10.0 Å². The van der Waals surface area contributed by atoms with Crippen LogP contribution in [0, 0.1) is 0 Å². The number of hydrogen-bond acceptors (Lipinski definition) is 4. The lowest BCUT2D eigenvalue weighted by Crippen LogP contribution is -2.32. The fourth-order valence-electron chi connectivity index (χ4n) is 2.04. The summed E-state index contributed by atoms with van der Waals surface area (Å²) in [5.74, 6) is -0.00225. The third kappa shape index (κ3) is 4.00. The molecule has 1 aromatic heterocycles. The van der Waals surface area contributed by atoms with E-state index in [0.29, 0.717) is 4.47 Å². The van der Waals surface area contributed by atoms with Crippen LogP contribution in [0.1, 0.15) is 19.3 Å². The standard InChI is InChI=1S/C12H16BrN3O3S/c13-10-7-11(9-14-8-10)20(18,19)15-4-3-12(17)16-5-1-2-6-16/h7-9,15H,1-6H2. The molecule has 1 aliphatic heterocycles. The normalized spacial score (nSPS) is 15.6. The zero-order valence-corrected chi connectivity index (χ0v) is 13.3. The van der Waals surface area contributed by atoms with Crippen LogP contribution in [-0.2, 0) is 14.8 Å². The van der Waals surface area contributed by atoms with Crippen molar-refractivity contribution < 1.29 is 13.2 Å². The molecule has 2 heterocycles. The molecule has 0 spiro atoms. The third-order valence-electron chi connectivity index (χ3n) is 3.08. The van der Waals surface area contributed by atoms with Gasteiger partial charge in [0.05, 0.1) is 0 Å². The first kappa shape index (κ1) is 15.4. The van der Waals surface area contributed by atoms with Crippen LogP contribution in [0.5, 0.6) is 0 Å². The fraction of sp³-hybridized carbons (Fsp3) is 0.500. The second kappa shape index (κ2) is 6.64. The van der Waals surface area contributed by atoms with Crippen LogP contribution in [0.4, 0.5) is 0 Å². The summed E-state index contributed by atoms with van der Waals surface area (Å²) in [6.07, 6.45) is 5.02.